The third-order valence-corrected chi connectivity index (χ3v) is 4.08. The fourth-order valence-corrected chi connectivity index (χ4v) is 2.85. The number of primary amides is 1. The first kappa shape index (κ1) is 18.2. The molecule has 1 atom stereocenters. The second kappa shape index (κ2) is 8.19. The maximum atomic E-state index is 12.7. The van der Waals surface area contributed by atoms with E-state index < -0.39 is 23.6 Å². The van der Waals surface area contributed by atoms with Crippen LogP contribution in [0.4, 0.5) is 0 Å². The quantitative estimate of drug-likeness (QED) is 0.531. The highest BCUT2D eigenvalue weighted by atomic mass is 32.1. The summed E-state index contributed by atoms with van der Waals surface area (Å²) in [6.45, 7) is 0. The fraction of sp³-hybridized carbons (Fsp3) is 0.125. The Morgan fingerprint density at radius 3 is 2.67 bits per heavy atom. The lowest BCUT2D eigenvalue weighted by molar-refractivity contribution is -0.137. The minimum Gasteiger partial charge on any atom is -0.363 e. The number of aromatic nitrogens is 5. The van der Waals surface area contributed by atoms with Gasteiger partial charge in [0.05, 0.1) is 17.4 Å². The molecule has 1 unspecified atom stereocenters. The van der Waals surface area contributed by atoms with Crippen LogP contribution in [0.5, 0.6) is 0 Å². The number of nitrogens with one attached hydrogen (secondary N) is 1. The molecule has 3 heterocycles. The maximum absolute atomic E-state index is 12.7. The molecule has 136 valence electrons. The number of ketones is 1. The molecule has 10 nitrogen and oxygen atoms in total. The second-order valence-electron chi connectivity index (χ2n) is 5.38. The lowest BCUT2D eigenvalue weighted by atomic mass is 10.0. The zero-order valence-corrected chi connectivity index (χ0v) is 14.6. The molecular formula is C16H13N7O3S. The SMILES string of the molecule is NC(=O)C(=O)C(Cc1cccnc1)NC(=O)c1nsnc1-c1ccncn1. The van der Waals surface area contributed by atoms with Crippen LogP contribution < -0.4 is 11.1 Å². The van der Waals surface area contributed by atoms with Crippen LogP contribution in [0.3, 0.4) is 0 Å². The van der Waals surface area contributed by atoms with Gasteiger partial charge in [0, 0.05) is 25.0 Å². The molecule has 0 aliphatic rings. The number of rotatable bonds is 7. The van der Waals surface area contributed by atoms with Crippen molar-refractivity contribution in [3.8, 4) is 11.4 Å². The van der Waals surface area contributed by atoms with Gasteiger partial charge in [-0.2, -0.15) is 8.75 Å². The summed E-state index contributed by atoms with van der Waals surface area (Å²) in [4.78, 5) is 47.9. The molecule has 0 aliphatic heterocycles. The topological polar surface area (TPSA) is 154 Å². The molecule has 3 aromatic rings. The Morgan fingerprint density at radius 1 is 1.15 bits per heavy atom. The summed E-state index contributed by atoms with van der Waals surface area (Å²) in [5, 5.41) is 2.50. The molecule has 0 bridgehead atoms. The van der Waals surface area contributed by atoms with Gasteiger partial charge in [0.15, 0.2) is 5.69 Å². The minimum atomic E-state index is -1.15. The van der Waals surface area contributed by atoms with Crippen molar-refractivity contribution in [2.75, 3.05) is 0 Å². The molecule has 0 fully saturated rings. The van der Waals surface area contributed by atoms with Gasteiger partial charge in [-0.1, -0.05) is 6.07 Å². The van der Waals surface area contributed by atoms with Gasteiger partial charge in [-0.05, 0) is 17.7 Å². The van der Waals surface area contributed by atoms with Gasteiger partial charge in [0.2, 0.25) is 5.78 Å². The fourth-order valence-electron chi connectivity index (χ4n) is 2.30. The summed E-state index contributed by atoms with van der Waals surface area (Å²) in [5.41, 5.74) is 6.42. The highest BCUT2D eigenvalue weighted by Gasteiger charge is 2.28. The van der Waals surface area contributed by atoms with E-state index >= 15 is 0 Å². The van der Waals surface area contributed by atoms with Crippen LogP contribution in [-0.2, 0) is 16.0 Å². The molecule has 0 aliphatic carbocycles. The first-order valence-corrected chi connectivity index (χ1v) is 8.41. The predicted octanol–water partition coefficient (Wildman–Crippen LogP) is -0.214. The zero-order valence-electron chi connectivity index (χ0n) is 13.8. The first-order chi connectivity index (χ1) is 13.1. The molecule has 2 amide bonds. The molecule has 0 aromatic carbocycles. The van der Waals surface area contributed by atoms with E-state index in [1.807, 2.05) is 0 Å². The van der Waals surface area contributed by atoms with E-state index in [9.17, 15) is 14.4 Å². The number of pyridine rings is 1. The average Bonchev–Trinajstić information content (AvgIpc) is 3.18. The third kappa shape index (κ3) is 4.33. The third-order valence-electron chi connectivity index (χ3n) is 3.56. The van der Waals surface area contributed by atoms with Crippen molar-refractivity contribution in [1.29, 1.82) is 0 Å². The van der Waals surface area contributed by atoms with Crippen molar-refractivity contribution in [3.05, 3.63) is 54.4 Å². The van der Waals surface area contributed by atoms with Crippen molar-refractivity contribution >= 4 is 29.3 Å². The Bertz CT molecular complexity index is 962. The number of hydrogen-bond donors (Lipinski definition) is 2. The van der Waals surface area contributed by atoms with Crippen LogP contribution in [0.1, 0.15) is 16.1 Å². The Hall–Kier alpha value is -3.60. The Labute approximate surface area is 157 Å². The number of amides is 2. The summed E-state index contributed by atoms with van der Waals surface area (Å²) in [5.74, 6) is -2.73. The lowest BCUT2D eigenvalue weighted by Gasteiger charge is -2.15. The van der Waals surface area contributed by atoms with Crippen LogP contribution >= 0.6 is 11.7 Å². The maximum Gasteiger partial charge on any atom is 0.287 e. The highest BCUT2D eigenvalue weighted by Crippen LogP contribution is 2.19. The van der Waals surface area contributed by atoms with Gasteiger partial charge < -0.3 is 11.1 Å². The van der Waals surface area contributed by atoms with Crippen LogP contribution in [0.25, 0.3) is 11.4 Å². The van der Waals surface area contributed by atoms with E-state index in [2.05, 4.69) is 29.0 Å². The number of carbonyl (C=O) groups is 3. The average molecular weight is 383 g/mol. The monoisotopic (exact) mass is 383 g/mol. The molecular weight excluding hydrogens is 370 g/mol. The predicted molar refractivity (Wildman–Crippen MR) is 94.3 cm³/mol. The van der Waals surface area contributed by atoms with E-state index in [-0.39, 0.29) is 17.8 Å². The Morgan fingerprint density at radius 2 is 2.00 bits per heavy atom. The molecule has 3 aromatic heterocycles. The molecule has 27 heavy (non-hydrogen) atoms. The highest BCUT2D eigenvalue weighted by molar-refractivity contribution is 6.99. The summed E-state index contributed by atoms with van der Waals surface area (Å²) in [6.07, 6.45) is 5.98. The molecule has 0 radical (unpaired) electrons. The van der Waals surface area contributed by atoms with E-state index in [1.54, 1.807) is 24.4 Å². The van der Waals surface area contributed by atoms with Gasteiger partial charge in [-0.3, -0.25) is 19.4 Å². The van der Waals surface area contributed by atoms with Gasteiger partial charge in [-0.15, -0.1) is 0 Å². The zero-order chi connectivity index (χ0) is 19.2. The summed E-state index contributed by atoms with van der Waals surface area (Å²) < 4.78 is 8.05. The van der Waals surface area contributed by atoms with Crippen molar-refractivity contribution in [3.63, 3.8) is 0 Å². The smallest absolute Gasteiger partial charge is 0.287 e. The van der Waals surface area contributed by atoms with E-state index in [0.29, 0.717) is 11.3 Å². The number of nitrogens with two attached hydrogens (primary N) is 1. The molecule has 0 saturated heterocycles. The number of Topliss-reactive ketones (excluding diaryl/α,β-unsaturated/α-hetero) is 1. The molecule has 0 spiro atoms. The Balaban J connectivity index is 1.84. The van der Waals surface area contributed by atoms with Crippen LogP contribution in [0.2, 0.25) is 0 Å². The van der Waals surface area contributed by atoms with Crippen molar-refractivity contribution in [1.82, 2.24) is 29.0 Å². The summed E-state index contributed by atoms with van der Waals surface area (Å²) in [7, 11) is 0. The van der Waals surface area contributed by atoms with E-state index in [0.717, 1.165) is 11.7 Å². The summed E-state index contributed by atoms with van der Waals surface area (Å²) >= 11 is 0.827. The minimum absolute atomic E-state index is 0.00726. The van der Waals surface area contributed by atoms with Crippen molar-refractivity contribution in [2.45, 2.75) is 12.5 Å². The first-order valence-electron chi connectivity index (χ1n) is 7.68. The standard InChI is InChI=1S/C16H13N7O3S/c17-15(25)14(24)11(6-9-2-1-4-18-7-9)21-16(26)13-12(22-27-23-13)10-3-5-19-8-20-10/h1-5,7-8,11H,6H2,(H2,17,25)(H,21,26). The van der Waals surface area contributed by atoms with Crippen LogP contribution in [0.15, 0.2) is 43.1 Å². The van der Waals surface area contributed by atoms with Crippen LogP contribution in [0, 0.1) is 0 Å². The van der Waals surface area contributed by atoms with Gasteiger partial charge in [0.1, 0.15) is 18.1 Å². The number of carbonyl (C=O) groups excluding carboxylic acids is 3. The van der Waals surface area contributed by atoms with E-state index in [1.165, 1.54) is 18.7 Å². The number of hydrogen-bond acceptors (Lipinski definition) is 9. The van der Waals surface area contributed by atoms with Crippen molar-refractivity contribution in [2.24, 2.45) is 5.73 Å². The molecule has 11 heteroatoms. The normalized spacial score (nSPS) is 11.6. The van der Waals surface area contributed by atoms with Crippen molar-refractivity contribution < 1.29 is 14.4 Å². The van der Waals surface area contributed by atoms with Gasteiger partial charge in [0.25, 0.3) is 11.8 Å². The molecule has 3 N–H and O–H groups in total. The molecule has 0 saturated carbocycles. The summed E-state index contributed by atoms with van der Waals surface area (Å²) in [6, 6.07) is 3.83. The van der Waals surface area contributed by atoms with Crippen LogP contribution in [-0.4, -0.2) is 47.3 Å². The van der Waals surface area contributed by atoms with Gasteiger partial charge in [-0.25, -0.2) is 9.97 Å². The molecule has 3 rings (SSSR count). The lowest BCUT2D eigenvalue weighted by Crippen LogP contribution is -2.47. The Kier molecular flexibility index (Phi) is 5.52. The van der Waals surface area contributed by atoms with E-state index in [4.69, 9.17) is 5.73 Å². The number of nitrogens with zero attached hydrogens (tertiary/aromatic N) is 5. The van der Waals surface area contributed by atoms with Gasteiger partial charge >= 0.3 is 0 Å². The second-order valence-corrected chi connectivity index (χ2v) is 5.90. The largest absolute Gasteiger partial charge is 0.363 e.